The molecule has 7 rings (SSSR count). The highest BCUT2D eigenvalue weighted by Crippen LogP contribution is 2.52. The van der Waals surface area contributed by atoms with Gasteiger partial charge in [-0.25, -0.2) is 4.98 Å². The number of halogens is 2. The Bertz CT molecular complexity index is 1690. The van der Waals surface area contributed by atoms with Crippen LogP contribution in [0.2, 0.25) is 0 Å². The zero-order valence-corrected chi connectivity index (χ0v) is 18.7. The summed E-state index contributed by atoms with van der Waals surface area (Å²) in [4.78, 5) is 18.3. The Morgan fingerprint density at radius 3 is 2.64 bits per heavy atom. The predicted molar refractivity (Wildman–Crippen MR) is 129 cm³/mol. The van der Waals surface area contributed by atoms with Gasteiger partial charge in [0.1, 0.15) is 5.82 Å². The van der Waals surface area contributed by atoms with E-state index < -0.39 is 11.7 Å². The number of pyridine rings is 1. The number of alkyl halides is 2. The first-order valence-corrected chi connectivity index (χ1v) is 11.5. The van der Waals surface area contributed by atoms with E-state index >= 15 is 0 Å². The van der Waals surface area contributed by atoms with Crippen LogP contribution >= 0.6 is 0 Å². The first kappa shape index (κ1) is 20.8. The van der Waals surface area contributed by atoms with Crippen molar-refractivity contribution in [2.75, 3.05) is 5.32 Å². The highest BCUT2D eigenvalue weighted by molar-refractivity contribution is 6.04. The van der Waals surface area contributed by atoms with Crippen LogP contribution in [-0.2, 0) is 10.2 Å². The van der Waals surface area contributed by atoms with Crippen molar-refractivity contribution in [2.45, 2.75) is 24.6 Å². The standard InChI is InChI=1S/C27H18F2N4O3/c28-27(29)35-21-8-6-18(13-22(21)36-27)26(9-10-26)25(34)32-23-12-15-3-1-2-4-19(15)24(31-23)16-5-7-20-17(11-16)14-30-33-20/h1-8,11-14H,9-10H2,(H,30,33)(H,31,32,34). The number of fused-ring (bicyclic) bond motifs is 3. The molecule has 1 aliphatic heterocycles. The molecule has 2 aliphatic rings. The Kier molecular flexibility index (Phi) is 4.18. The molecule has 0 radical (unpaired) electrons. The molecule has 0 bridgehead atoms. The minimum atomic E-state index is -3.70. The molecule has 0 atom stereocenters. The first-order chi connectivity index (χ1) is 17.4. The number of carbonyl (C=O) groups excluding carboxylic acids is 1. The van der Waals surface area contributed by atoms with E-state index in [1.54, 1.807) is 12.3 Å². The van der Waals surface area contributed by atoms with Gasteiger partial charge in [-0.3, -0.25) is 9.89 Å². The fraction of sp³-hybridized carbons (Fsp3) is 0.148. The van der Waals surface area contributed by atoms with Gasteiger partial charge in [-0.1, -0.05) is 36.4 Å². The number of ether oxygens (including phenoxy) is 2. The molecule has 0 spiro atoms. The molecule has 0 unspecified atom stereocenters. The van der Waals surface area contributed by atoms with Gasteiger partial charge in [0.05, 0.1) is 22.8 Å². The lowest BCUT2D eigenvalue weighted by atomic mass is 9.94. The number of benzene rings is 3. The molecule has 9 heteroatoms. The molecule has 2 N–H and O–H groups in total. The average molecular weight is 484 g/mol. The average Bonchev–Trinajstić information content (AvgIpc) is 3.43. The molecule has 3 heterocycles. The predicted octanol–water partition coefficient (Wildman–Crippen LogP) is 5.77. The van der Waals surface area contributed by atoms with E-state index in [1.165, 1.54) is 12.1 Å². The van der Waals surface area contributed by atoms with Gasteiger partial charge in [-0.2, -0.15) is 5.10 Å². The minimum Gasteiger partial charge on any atom is -0.395 e. The van der Waals surface area contributed by atoms with Crippen molar-refractivity contribution in [3.05, 3.63) is 78.5 Å². The smallest absolute Gasteiger partial charge is 0.395 e. The number of nitrogens with zero attached hydrogens (tertiary/aromatic N) is 2. The summed E-state index contributed by atoms with van der Waals surface area (Å²) in [6.07, 6.45) is -0.769. The van der Waals surface area contributed by atoms with Crippen LogP contribution in [0.25, 0.3) is 32.9 Å². The largest absolute Gasteiger partial charge is 0.586 e. The maximum absolute atomic E-state index is 13.5. The SMILES string of the molecule is O=C(Nc1cc2ccccc2c(-c2ccc3[nH]ncc3c2)n1)C1(c2ccc3c(c2)OC(F)(F)O3)CC1. The minimum absolute atomic E-state index is 0.0459. The topological polar surface area (TPSA) is 89.1 Å². The van der Waals surface area contributed by atoms with Crippen molar-refractivity contribution < 1.29 is 23.0 Å². The highest BCUT2D eigenvalue weighted by atomic mass is 19.3. The van der Waals surface area contributed by atoms with E-state index in [1.807, 2.05) is 48.5 Å². The third-order valence-electron chi connectivity index (χ3n) is 6.83. The number of rotatable bonds is 4. The maximum Gasteiger partial charge on any atom is 0.586 e. The number of nitrogens with one attached hydrogen (secondary N) is 2. The fourth-order valence-electron chi connectivity index (χ4n) is 4.83. The first-order valence-electron chi connectivity index (χ1n) is 11.5. The lowest BCUT2D eigenvalue weighted by Gasteiger charge is -2.17. The Balaban J connectivity index is 1.25. The number of anilines is 1. The number of carbonyl (C=O) groups is 1. The van der Waals surface area contributed by atoms with E-state index in [0.29, 0.717) is 24.2 Å². The molecule has 36 heavy (non-hydrogen) atoms. The Labute approximate surface area is 203 Å². The fourth-order valence-corrected chi connectivity index (χ4v) is 4.83. The van der Waals surface area contributed by atoms with Crippen LogP contribution in [0.4, 0.5) is 14.6 Å². The molecule has 1 fully saturated rings. The molecular weight excluding hydrogens is 466 g/mol. The third-order valence-corrected chi connectivity index (χ3v) is 6.83. The summed E-state index contributed by atoms with van der Waals surface area (Å²) in [6, 6.07) is 20.1. The lowest BCUT2D eigenvalue weighted by Crippen LogP contribution is -2.28. The highest BCUT2D eigenvalue weighted by Gasteiger charge is 2.53. The van der Waals surface area contributed by atoms with Crippen LogP contribution in [0.1, 0.15) is 18.4 Å². The van der Waals surface area contributed by atoms with Gasteiger partial charge in [-0.05, 0) is 54.1 Å². The van der Waals surface area contributed by atoms with Crippen molar-refractivity contribution in [3.63, 3.8) is 0 Å². The summed E-state index contributed by atoms with van der Waals surface area (Å²) >= 11 is 0. The van der Waals surface area contributed by atoms with Gasteiger partial charge in [-0.15, -0.1) is 8.78 Å². The van der Waals surface area contributed by atoms with Crippen LogP contribution in [0.3, 0.4) is 0 Å². The zero-order chi connectivity index (χ0) is 24.5. The van der Waals surface area contributed by atoms with E-state index in [4.69, 9.17) is 4.98 Å². The van der Waals surface area contributed by atoms with Crippen LogP contribution in [-0.4, -0.2) is 27.4 Å². The van der Waals surface area contributed by atoms with E-state index in [2.05, 4.69) is 25.0 Å². The van der Waals surface area contributed by atoms with Crippen molar-refractivity contribution >= 4 is 33.4 Å². The van der Waals surface area contributed by atoms with Crippen LogP contribution in [0.15, 0.2) is 72.9 Å². The van der Waals surface area contributed by atoms with Gasteiger partial charge in [0.25, 0.3) is 0 Å². The molecule has 7 nitrogen and oxygen atoms in total. The van der Waals surface area contributed by atoms with Crippen molar-refractivity contribution in [1.29, 1.82) is 0 Å². The van der Waals surface area contributed by atoms with Crippen LogP contribution in [0.5, 0.6) is 11.5 Å². The van der Waals surface area contributed by atoms with E-state index in [9.17, 15) is 13.6 Å². The molecule has 5 aromatic rings. The molecule has 1 amide bonds. The molecule has 178 valence electrons. The Morgan fingerprint density at radius 2 is 1.78 bits per heavy atom. The number of hydrogen-bond acceptors (Lipinski definition) is 5. The monoisotopic (exact) mass is 484 g/mol. The molecule has 0 saturated heterocycles. The van der Waals surface area contributed by atoms with E-state index in [0.717, 1.165) is 32.9 Å². The van der Waals surface area contributed by atoms with Crippen LogP contribution in [0, 0.1) is 0 Å². The number of hydrogen-bond donors (Lipinski definition) is 2. The van der Waals surface area contributed by atoms with Crippen LogP contribution < -0.4 is 14.8 Å². The van der Waals surface area contributed by atoms with Gasteiger partial charge in [0.2, 0.25) is 5.91 Å². The van der Waals surface area contributed by atoms with Gasteiger partial charge < -0.3 is 14.8 Å². The summed E-state index contributed by atoms with van der Waals surface area (Å²) in [7, 11) is 0. The molecule has 2 aromatic heterocycles. The quantitative estimate of drug-likeness (QED) is 0.338. The number of aromatic nitrogens is 3. The number of H-pyrrole nitrogens is 1. The van der Waals surface area contributed by atoms with Crippen molar-refractivity contribution in [3.8, 4) is 22.8 Å². The summed E-state index contributed by atoms with van der Waals surface area (Å²) in [5.41, 5.74) is 2.33. The van der Waals surface area contributed by atoms with Crippen molar-refractivity contribution in [1.82, 2.24) is 15.2 Å². The van der Waals surface area contributed by atoms with Crippen molar-refractivity contribution in [2.24, 2.45) is 0 Å². The second kappa shape index (κ2) is 7.24. The summed E-state index contributed by atoms with van der Waals surface area (Å²) in [5, 5.41) is 12.8. The number of amides is 1. The maximum atomic E-state index is 13.5. The van der Waals surface area contributed by atoms with Gasteiger partial charge >= 0.3 is 6.29 Å². The Morgan fingerprint density at radius 1 is 0.944 bits per heavy atom. The van der Waals surface area contributed by atoms with E-state index in [-0.39, 0.29) is 17.4 Å². The second-order valence-electron chi connectivity index (χ2n) is 9.11. The summed E-state index contributed by atoms with van der Waals surface area (Å²) < 4.78 is 36.0. The summed E-state index contributed by atoms with van der Waals surface area (Å²) in [5.74, 6) is 0.0550. The van der Waals surface area contributed by atoms with Gasteiger partial charge in [0.15, 0.2) is 11.5 Å². The van der Waals surface area contributed by atoms with Gasteiger partial charge in [0, 0.05) is 16.3 Å². The third kappa shape index (κ3) is 3.27. The molecular formula is C27H18F2N4O3. The molecule has 3 aromatic carbocycles. The Hall–Kier alpha value is -4.53. The summed E-state index contributed by atoms with van der Waals surface area (Å²) in [6.45, 7) is 0. The lowest BCUT2D eigenvalue weighted by molar-refractivity contribution is -0.286. The second-order valence-corrected chi connectivity index (χ2v) is 9.11. The number of aromatic amines is 1. The molecule has 1 saturated carbocycles. The molecule has 1 aliphatic carbocycles. The normalized spacial score (nSPS) is 16.8. The zero-order valence-electron chi connectivity index (χ0n) is 18.7.